The van der Waals surface area contributed by atoms with Crippen LogP contribution >= 0.6 is 0 Å². The van der Waals surface area contributed by atoms with E-state index in [-0.39, 0.29) is 6.04 Å². The molecule has 0 aliphatic rings. The Kier molecular flexibility index (Phi) is 5.56. The summed E-state index contributed by atoms with van der Waals surface area (Å²) in [6.07, 6.45) is 5.87. The smallest absolute Gasteiger partial charge is 0.115 e. The molecule has 0 saturated carbocycles. The van der Waals surface area contributed by atoms with Crippen molar-refractivity contribution in [2.45, 2.75) is 65.3 Å². The first-order chi connectivity index (χ1) is 8.06. The number of rotatable bonds is 6. The van der Waals surface area contributed by atoms with Gasteiger partial charge in [-0.1, -0.05) is 27.2 Å². The van der Waals surface area contributed by atoms with Gasteiger partial charge < -0.3 is 5.73 Å². The van der Waals surface area contributed by atoms with E-state index in [2.05, 4.69) is 30.7 Å². The average molecular weight is 235 g/mol. The Hall–Kier alpha value is -0.960. The molecule has 0 aromatic carbocycles. The number of hydrogen-bond donors (Lipinski definition) is 1. The molecular formula is C14H25N3. The van der Waals surface area contributed by atoms with Crippen LogP contribution in [-0.2, 0) is 12.8 Å². The van der Waals surface area contributed by atoms with E-state index < -0.39 is 0 Å². The lowest BCUT2D eigenvalue weighted by molar-refractivity contribution is 0.645. The fourth-order valence-electron chi connectivity index (χ4n) is 2.06. The van der Waals surface area contributed by atoms with Crippen molar-refractivity contribution < 1.29 is 0 Å². The minimum absolute atomic E-state index is 0.238. The second-order valence-corrected chi connectivity index (χ2v) is 5.10. The topological polar surface area (TPSA) is 51.8 Å². The van der Waals surface area contributed by atoms with Crippen LogP contribution in [0.15, 0.2) is 6.33 Å². The fraction of sp³-hybridized carbons (Fsp3) is 0.714. The standard InChI is InChI=1S/C14H25N3/c1-5-6-12-13(8-7-11(4)15)16-9-17-14(12)10(2)3/h9-11H,5-8,15H2,1-4H3. The molecule has 0 aliphatic carbocycles. The number of aryl methyl sites for hydroxylation is 1. The lowest BCUT2D eigenvalue weighted by Gasteiger charge is -2.15. The van der Waals surface area contributed by atoms with Crippen LogP contribution in [0.1, 0.15) is 63.4 Å². The zero-order valence-corrected chi connectivity index (χ0v) is 11.5. The van der Waals surface area contributed by atoms with Gasteiger partial charge in [0.05, 0.1) is 0 Å². The second-order valence-electron chi connectivity index (χ2n) is 5.10. The Morgan fingerprint density at radius 1 is 1.18 bits per heavy atom. The molecule has 1 aromatic rings. The molecule has 1 rings (SSSR count). The van der Waals surface area contributed by atoms with Gasteiger partial charge >= 0.3 is 0 Å². The fourth-order valence-corrected chi connectivity index (χ4v) is 2.06. The molecule has 17 heavy (non-hydrogen) atoms. The van der Waals surface area contributed by atoms with Crippen molar-refractivity contribution >= 4 is 0 Å². The third-order valence-corrected chi connectivity index (χ3v) is 2.95. The first kappa shape index (κ1) is 14.1. The number of hydrogen-bond acceptors (Lipinski definition) is 3. The summed E-state index contributed by atoms with van der Waals surface area (Å²) in [6, 6.07) is 0.238. The van der Waals surface area contributed by atoms with Gasteiger partial charge in [-0.25, -0.2) is 9.97 Å². The van der Waals surface area contributed by atoms with E-state index >= 15 is 0 Å². The quantitative estimate of drug-likeness (QED) is 0.825. The van der Waals surface area contributed by atoms with Crippen LogP contribution in [0.4, 0.5) is 0 Å². The van der Waals surface area contributed by atoms with E-state index in [1.54, 1.807) is 6.33 Å². The van der Waals surface area contributed by atoms with Crippen LogP contribution in [-0.4, -0.2) is 16.0 Å². The lowest BCUT2D eigenvalue weighted by atomic mass is 9.96. The van der Waals surface area contributed by atoms with Crippen LogP contribution < -0.4 is 5.73 Å². The van der Waals surface area contributed by atoms with Crippen LogP contribution in [0.2, 0.25) is 0 Å². The third kappa shape index (κ3) is 4.08. The molecule has 1 unspecified atom stereocenters. The van der Waals surface area contributed by atoms with Gasteiger partial charge in [0.25, 0.3) is 0 Å². The van der Waals surface area contributed by atoms with Crippen molar-refractivity contribution in [2.24, 2.45) is 5.73 Å². The first-order valence-corrected chi connectivity index (χ1v) is 6.64. The van der Waals surface area contributed by atoms with E-state index in [9.17, 15) is 0 Å². The minimum Gasteiger partial charge on any atom is -0.328 e. The number of aromatic nitrogens is 2. The molecule has 96 valence electrons. The van der Waals surface area contributed by atoms with Crippen molar-refractivity contribution in [1.29, 1.82) is 0 Å². The van der Waals surface area contributed by atoms with Gasteiger partial charge in [-0.2, -0.15) is 0 Å². The van der Waals surface area contributed by atoms with E-state index in [1.807, 2.05) is 6.92 Å². The van der Waals surface area contributed by atoms with Gasteiger partial charge in [0.1, 0.15) is 6.33 Å². The minimum atomic E-state index is 0.238. The number of nitrogens with zero attached hydrogens (tertiary/aromatic N) is 2. The Morgan fingerprint density at radius 2 is 1.88 bits per heavy atom. The van der Waals surface area contributed by atoms with E-state index in [0.29, 0.717) is 5.92 Å². The molecule has 0 bridgehead atoms. The molecule has 3 nitrogen and oxygen atoms in total. The van der Waals surface area contributed by atoms with Gasteiger partial charge in [-0.15, -0.1) is 0 Å². The zero-order valence-electron chi connectivity index (χ0n) is 11.5. The molecule has 0 spiro atoms. The van der Waals surface area contributed by atoms with Crippen LogP contribution in [0, 0.1) is 0 Å². The van der Waals surface area contributed by atoms with Crippen molar-refractivity contribution in [1.82, 2.24) is 9.97 Å². The zero-order chi connectivity index (χ0) is 12.8. The summed E-state index contributed by atoms with van der Waals surface area (Å²) in [5.41, 5.74) is 9.58. The summed E-state index contributed by atoms with van der Waals surface area (Å²) in [5, 5.41) is 0. The Balaban J connectivity index is 2.97. The Labute approximate surface area is 105 Å². The largest absolute Gasteiger partial charge is 0.328 e. The van der Waals surface area contributed by atoms with Gasteiger partial charge in [0, 0.05) is 17.4 Å². The van der Waals surface area contributed by atoms with Crippen LogP contribution in [0.25, 0.3) is 0 Å². The molecule has 1 heterocycles. The monoisotopic (exact) mass is 235 g/mol. The van der Waals surface area contributed by atoms with Gasteiger partial charge in [-0.3, -0.25) is 0 Å². The molecule has 0 fully saturated rings. The molecule has 3 heteroatoms. The normalized spacial score (nSPS) is 13.1. The van der Waals surface area contributed by atoms with E-state index in [1.165, 1.54) is 17.0 Å². The maximum Gasteiger partial charge on any atom is 0.115 e. The maximum absolute atomic E-state index is 5.82. The summed E-state index contributed by atoms with van der Waals surface area (Å²) in [5.74, 6) is 0.466. The molecular weight excluding hydrogens is 210 g/mol. The molecule has 0 saturated heterocycles. The van der Waals surface area contributed by atoms with Crippen LogP contribution in [0.3, 0.4) is 0 Å². The van der Waals surface area contributed by atoms with Crippen molar-refractivity contribution in [3.05, 3.63) is 23.3 Å². The molecule has 0 aliphatic heterocycles. The second kappa shape index (κ2) is 6.70. The summed E-state index contributed by atoms with van der Waals surface area (Å²) in [7, 11) is 0. The third-order valence-electron chi connectivity index (χ3n) is 2.95. The molecule has 0 radical (unpaired) electrons. The molecule has 1 aromatic heterocycles. The highest BCUT2D eigenvalue weighted by molar-refractivity contribution is 5.27. The highest BCUT2D eigenvalue weighted by Crippen LogP contribution is 2.21. The highest BCUT2D eigenvalue weighted by atomic mass is 14.8. The number of nitrogens with two attached hydrogens (primary N) is 1. The highest BCUT2D eigenvalue weighted by Gasteiger charge is 2.13. The predicted octanol–water partition coefficient (Wildman–Crippen LogP) is 2.83. The average Bonchev–Trinajstić information content (AvgIpc) is 2.27. The Morgan fingerprint density at radius 3 is 2.41 bits per heavy atom. The maximum atomic E-state index is 5.82. The van der Waals surface area contributed by atoms with Gasteiger partial charge in [0.15, 0.2) is 0 Å². The predicted molar refractivity (Wildman–Crippen MR) is 72.1 cm³/mol. The summed E-state index contributed by atoms with van der Waals surface area (Å²) < 4.78 is 0. The lowest BCUT2D eigenvalue weighted by Crippen LogP contribution is -2.17. The van der Waals surface area contributed by atoms with Crippen molar-refractivity contribution in [3.8, 4) is 0 Å². The van der Waals surface area contributed by atoms with Gasteiger partial charge in [-0.05, 0) is 37.7 Å². The van der Waals surface area contributed by atoms with Crippen molar-refractivity contribution in [3.63, 3.8) is 0 Å². The summed E-state index contributed by atoms with van der Waals surface area (Å²) >= 11 is 0. The molecule has 1 atom stereocenters. The van der Waals surface area contributed by atoms with Gasteiger partial charge in [0.2, 0.25) is 0 Å². The van der Waals surface area contributed by atoms with E-state index in [4.69, 9.17) is 5.73 Å². The van der Waals surface area contributed by atoms with E-state index in [0.717, 1.165) is 25.7 Å². The summed E-state index contributed by atoms with van der Waals surface area (Å²) in [4.78, 5) is 8.89. The first-order valence-electron chi connectivity index (χ1n) is 6.64. The van der Waals surface area contributed by atoms with Crippen LogP contribution in [0.5, 0.6) is 0 Å². The van der Waals surface area contributed by atoms with Crippen molar-refractivity contribution in [2.75, 3.05) is 0 Å². The molecule has 2 N–H and O–H groups in total. The SMILES string of the molecule is CCCc1c(CCC(C)N)ncnc1C(C)C. The Bertz CT molecular complexity index is 345. The summed E-state index contributed by atoms with van der Waals surface area (Å²) in [6.45, 7) is 8.63. The molecule has 0 amide bonds.